The molecule has 0 fully saturated rings. The van der Waals surface area contributed by atoms with Crippen molar-refractivity contribution in [3.63, 3.8) is 0 Å². The Kier molecular flexibility index (Phi) is 4.36. The molecule has 1 rings (SSSR count). The molecular formula is C13H18ClNO. The maximum absolute atomic E-state index is 11.4. The van der Waals surface area contributed by atoms with Crippen LogP contribution in [-0.2, 0) is 11.3 Å². The first-order valence-electron chi connectivity index (χ1n) is 5.40. The van der Waals surface area contributed by atoms with Crippen LogP contribution >= 0.6 is 11.6 Å². The molecule has 0 aromatic heterocycles. The third kappa shape index (κ3) is 3.24. The number of alkyl halides is 1. The summed E-state index contributed by atoms with van der Waals surface area (Å²) in [5.41, 5.74) is 4.84. The van der Waals surface area contributed by atoms with Gasteiger partial charge < -0.3 is 5.32 Å². The van der Waals surface area contributed by atoms with Crippen molar-refractivity contribution in [2.24, 2.45) is 0 Å². The van der Waals surface area contributed by atoms with E-state index in [-0.39, 0.29) is 5.91 Å². The van der Waals surface area contributed by atoms with Crippen molar-refractivity contribution in [1.82, 2.24) is 5.32 Å². The van der Waals surface area contributed by atoms with Crippen molar-refractivity contribution >= 4 is 17.5 Å². The molecule has 3 heteroatoms. The molecule has 88 valence electrons. The number of amides is 1. The summed E-state index contributed by atoms with van der Waals surface area (Å²) in [6.45, 7) is 8.42. The predicted octanol–water partition coefficient (Wildman–Crippen LogP) is 2.86. The average molecular weight is 240 g/mol. The summed E-state index contributed by atoms with van der Waals surface area (Å²) in [4.78, 5) is 11.4. The minimum atomic E-state index is -0.480. The number of benzene rings is 1. The zero-order valence-corrected chi connectivity index (χ0v) is 11.0. The van der Waals surface area contributed by atoms with Crippen LogP contribution in [0.15, 0.2) is 12.1 Å². The molecular weight excluding hydrogens is 222 g/mol. The molecule has 1 atom stereocenters. The monoisotopic (exact) mass is 239 g/mol. The third-order valence-electron chi connectivity index (χ3n) is 2.64. The molecule has 1 N–H and O–H groups in total. The molecule has 0 heterocycles. The topological polar surface area (TPSA) is 29.1 Å². The molecule has 1 aromatic rings. The summed E-state index contributed by atoms with van der Waals surface area (Å²) in [6.07, 6.45) is 0. The van der Waals surface area contributed by atoms with Crippen LogP contribution in [0.25, 0.3) is 0 Å². The normalized spacial score (nSPS) is 12.3. The first-order valence-corrected chi connectivity index (χ1v) is 5.84. The Morgan fingerprint density at radius 2 is 1.81 bits per heavy atom. The van der Waals surface area contributed by atoms with E-state index in [1.807, 2.05) is 0 Å². The van der Waals surface area contributed by atoms with E-state index in [0.717, 1.165) is 0 Å². The van der Waals surface area contributed by atoms with E-state index in [1.165, 1.54) is 22.3 Å². The molecule has 2 nitrogen and oxygen atoms in total. The van der Waals surface area contributed by atoms with E-state index >= 15 is 0 Å². The molecule has 0 aliphatic rings. The van der Waals surface area contributed by atoms with Gasteiger partial charge in [-0.05, 0) is 44.4 Å². The fourth-order valence-corrected chi connectivity index (χ4v) is 1.88. The minimum absolute atomic E-state index is 0.124. The highest BCUT2D eigenvalue weighted by molar-refractivity contribution is 6.30. The number of aryl methyl sites for hydroxylation is 3. The molecule has 1 unspecified atom stereocenters. The maximum atomic E-state index is 11.4. The van der Waals surface area contributed by atoms with Crippen LogP contribution in [0.4, 0.5) is 0 Å². The quantitative estimate of drug-likeness (QED) is 0.808. The van der Waals surface area contributed by atoms with Gasteiger partial charge in [-0.1, -0.05) is 17.7 Å². The van der Waals surface area contributed by atoms with Crippen LogP contribution in [0.2, 0.25) is 0 Å². The Morgan fingerprint density at radius 1 is 1.31 bits per heavy atom. The van der Waals surface area contributed by atoms with Gasteiger partial charge >= 0.3 is 0 Å². The van der Waals surface area contributed by atoms with E-state index in [0.29, 0.717) is 6.54 Å². The summed E-state index contributed by atoms with van der Waals surface area (Å²) >= 11 is 5.69. The molecule has 0 aliphatic heterocycles. The van der Waals surface area contributed by atoms with Crippen LogP contribution in [0, 0.1) is 20.8 Å². The number of nitrogens with one attached hydrogen (secondary N) is 1. The summed E-state index contributed by atoms with van der Waals surface area (Å²) in [5, 5.41) is 2.35. The first kappa shape index (κ1) is 13.0. The number of hydrogen-bond donors (Lipinski definition) is 1. The molecule has 1 amide bonds. The highest BCUT2D eigenvalue weighted by atomic mass is 35.5. The Balaban J connectivity index is 2.78. The lowest BCUT2D eigenvalue weighted by Gasteiger charge is -2.13. The standard InChI is InChI=1S/C13H18ClNO/c1-8-5-9(2)12(10(3)6-8)7-15-13(16)11(4)14/h5-6,11H,7H2,1-4H3,(H,15,16). The van der Waals surface area contributed by atoms with Gasteiger partial charge in [-0.25, -0.2) is 0 Å². The highest BCUT2D eigenvalue weighted by Crippen LogP contribution is 2.16. The molecule has 0 saturated carbocycles. The summed E-state index contributed by atoms with van der Waals surface area (Å²) in [7, 11) is 0. The largest absolute Gasteiger partial charge is 0.351 e. The number of halogens is 1. The van der Waals surface area contributed by atoms with E-state index < -0.39 is 5.38 Å². The van der Waals surface area contributed by atoms with Crippen molar-refractivity contribution in [2.45, 2.75) is 39.6 Å². The molecule has 0 spiro atoms. The highest BCUT2D eigenvalue weighted by Gasteiger charge is 2.10. The van der Waals surface area contributed by atoms with Gasteiger partial charge in [-0.3, -0.25) is 4.79 Å². The Morgan fingerprint density at radius 3 is 2.25 bits per heavy atom. The van der Waals surface area contributed by atoms with Gasteiger partial charge in [0.1, 0.15) is 5.38 Å². The lowest BCUT2D eigenvalue weighted by Crippen LogP contribution is -2.29. The molecule has 0 saturated heterocycles. The second-order valence-electron chi connectivity index (χ2n) is 4.21. The third-order valence-corrected chi connectivity index (χ3v) is 2.84. The van der Waals surface area contributed by atoms with Crippen molar-refractivity contribution < 1.29 is 4.79 Å². The maximum Gasteiger partial charge on any atom is 0.238 e. The van der Waals surface area contributed by atoms with Crippen LogP contribution in [0.3, 0.4) is 0 Å². The second kappa shape index (κ2) is 5.35. The fraction of sp³-hybridized carbons (Fsp3) is 0.462. The molecule has 16 heavy (non-hydrogen) atoms. The van der Waals surface area contributed by atoms with E-state index in [2.05, 4.69) is 38.2 Å². The summed E-state index contributed by atoms with van der Waals surface area (Å²) in [6, 6.07) is 4.25. The molecule has 1 aromatic carbocycles. The van der Waals surface area contributed by atoms with Gasteiger partial charge in [0.05, 0.1) is 0 Å². The lowest BCUT2D eigenvalue weighted by atomic mass is 10.00. The van der Waals surface area contributed by atoms with Gasteiger partial charge in [0, 0.05) is 6.54 Å². The van der Waals surface area contributed by atoms with Gasteiger partial charge in [0.25, 0.3) is 0 Å². The molecule has 0 aliphatic carbocycles. The van der Waals surface area contributed by atoms with Gasteiger partial charge in [-0.15, -0.1) is 11.6 Å². The number of rotatable bonds is 3. The fourth-order valence-electron chi connectivity index (χ4n) is 1.80. The van der Waals surface area contributed by atoms with E-state index in [1.54, 1.807) is 6.92 Å². The van der Waals surface area contributed by atoms with Crippen LogP contribution < -0.4 is 5.32 Å². The van der Waals surface area contributed by atoms with Gasteiger partial charge in [0.2, 0.25) is 5.91 Å². The zero-order valence-electron chi connectivity index (χ0n) is 10.2. The van der Waals surface area contributed by atoms with Crippen LogP contribution in [0.1, 0.15) is 29.2 Å². The first-order chi connectivity index (χ1) is 7.41. The van der Waals surface area contributed by atoms with Crippen molar-refractivity contribution in [1.29, 1.82) is 0 Å². The van der Waals surface area contributed by atoms with Crippen LogP contribution in [0.5, 0.6) is 0 Å². The van der Waals surface area contributed by atoms with E-state index in [4.69, 9.17) is 11.6 Å². The second-order valence-corrected chi connectivity index (χ2v) is 4.87. The SMILES string of the molecule is Cc1cc(C)c(CNC(=O)C(C)Cl)c(C)c1. The Hall–Kier alpha value is -1.02. The predicted molar refractivity (Wildman–Crippen MR) is 67.8 cm³/mol. The number of carbonyl (C=O) groups is 1. The molecule has 0 radical (unpaired) electrons. The summed E-state index contributed by atoms with van der Waals surface area (Å²) < 4.78 is 0. The minimum Gasteiger partial charge on any atom is -0.351 e. The summed E-state index contributed by atoms with van der Waals surface area (Å²) in [5.74, 6) is -0.124. The van der Waals surface area contributed by atoms with Crippen molar-refractivity contribution in [3.8, 4) is 0 Å². The smallest absolute Gasteiger partial charge is 0.238 e. The lowest BCUT2D eigenvalue weighted by molar-refractivity contribution is -0.120. The number of hydrogen-bond acceptors (Lipinski definition) is 1. The van der Waals surface area contributed by atoms with Gasteiger partial charge in [0.15, 0.2) is 0 Å². The van der Waals surface area contributed by atoms with Crippen LogP contribution in [-0.4, -0.2) is 11.3 Å². The van der Waals surface area contributed by atoms with Gasteiger partial charge in [-0.2, -0.15) is 0 Å². The molecule has 0 bridgehead atoms. The Bertz CT molecular complexity index is 376. The average Bonchev–Trinajstić information content (AvgIpc) is 2.15. The zero-order chi connectivity index (χ0) is 12.3. The van der Waals surface area contributed by atoms with E-state index in [9.17, 15) is 4.79 Å². The van der Waals surface area contributed by atoms with Crippen molar-refractivity contribution in [3.05, 3.63) is 34.4 Å². The van der Waals surface area contributed by atoms with Crippen molar-refractivity contribution in [2.75, 3.05) is 0 Å². The number of carbonyl (C=O) groups excluding carboxylic acids is 1. The Labute approximate surface area is 102 Å².